The normalized spacial score (nSPS) is 22.6. The molecule has 0 aliphatic carbocycles. The van der Waals surface area contributed by atoms with Gasteiger partial charge in [0.25, 0.3) is 0 Å². The maximum Gasteiger partial charge on any atom is 0.327 e. The Bertz CT molecular complexity index is 1190. The average Bonchev–Trinajstić information content (AvgIpc) is 3.13. The summed E-state index contributed by atoms with van der Waals surface area (Å²) in [5.74, 6) is -2.64. The lowest BCUT2D eigenvalue weighted by molar-refractivity contribution is -0.161. The maximum absolute atomic E-state index is 13.3. The van der Waals surface area contributed by atoms with Crippen LogP contribution in [0.3, 0.4) is 0 Å². The van der Waals surface area contributed by atoms with E-state index in [2.05, 4.69) is 20.9 Å². The van der Waals surface area contributed by atoms with Crippen LogP contribution in [0.1, 0.15) is 31.0 Å². The van der Waals surface area contributed by atoms with Crippen LogP contribution < -0.4 is 16.0 Å². The van der Waals surface area contributed by atoms with E-state index in [0.29, 0.717) is 11.1 Å². The summed E-state index contributed by atoms with van der Waals surface area (Å²) in [5.41, 5.74) is 1.07. The molecule has 188 valence electrons. The predicted octanol–water partition coefficient (Wildman–Crippen LogP) is 0.486. The van der Waals surface area contributed by atoms with Gasteiger partial charge in [-0.25, -0.2) is 4.79 Å². The van der Waals surface area contributed by atoms with Crippen LogP contribution in [0.2, 0.25) is 0 Å². The highest BCUT2D eigenvalue weighted by Crippen LogP contribution is 2.50. The molecule has 3 amide bonds. The monoisotopic (exact) mass is 510 g/mol. The molecule has 0 bridgehead atoms. The second-order valence-electron chi connectivity index (χ2n) is 8.96. The molecular formula is C24H26N6O5S. The first-order chi connectivity index (χ1) is 17.1. The number of aliphatic carboxylic acids is 1. The fraction of sp³-hybridized carbons (Fsp3) is 0.333. The molecule has 2 aliphatic rings. The number of carboxylic acid groups (broad SMARTS) is 1. The first kappa shape index (κ1) is 25.2. The summed E-state index contributed by atoms with van der Waals surface area (Å²) in [7, 11) is 0. The van der Waals surface area contributed by atoms with Gasteiger partial charge in [0.15, 0.2) is 0 Å². The zero-order valence-corrected chi connectivity index (χ0v) is 20.4. The topological polar surface area (TPSA) is 165 Å². The third-order valence-electron chi connectivity index (χ3n) is 6.07. The van der Waals surface area contributed by atoms with Crippen molar-refractivity contribution in [1.29, 1.82) is 5.41 Å². The Balaban J connectivity index is 1.43. The van der Waals surface area contributed by atoms with E-state index in [9.17, 15) is 24.3 Å². The van der Waals surface area contributed by atoms with E-state index in [1.165, 1.54) is 29.1 Å². The molecule has 0 unspecified atom stereocenters. The zero-order chi connectivity index (χ0) is 26.0. The highest BCUT2D eigenvalue weighted by Gasteiger charge is 2.64. The largest absolute Gasteiger partial charge is 0.480 e. The SMILES string of the molecule is CC1(C)S[C@@H]2[C@H](NC(=O)[C@H](NC(=O)CNC(=N)c3ccncc3)c3ccccc3)C(=O)N2[C@H]1C(=O)O. The van der Waals surface area contributed by atoms with Crippen molar-refractivity contribution >= 4 is 41.3 Å². The number of benzene rings is 1. The molecule has 0 saturated carbocycles. The molecule has 3 heterocycles. The Morgan fingerprint density at radius 1 is 1.17 bits per heavy atom. The number of nitrogens with zero attached hydrogens (tertiary/aromatic N) is 2. The van der Waals surface area contributed by atoms with Crippen LogP contribution in [-0.2, 0) is 19.2 Å². The Morgan fingerprint density at radius 2 is 1.83 bits per heavy atom. The summed E-state index contributed by atoms with van der Waals surface area (Å²) < 4.78 is -0.719. The number of amidine groups is 1. The van der Waals surface area contributed by atoms with Gasteiger partial charge in [-0.1, -0.05) is 30.3 Å². The molecular weight excluding hydrogens is 484 g/mol. The minimum Gasteiger partial charge on any atom is -0.480 e. The Labute approximate surface area is 211 Å². The van der Waals surface area contributed by atoms with Gasteiger partial charge in [0.05, 0.1) is 6.54 Å². The van der Waals surface area contributed by atoms with E-state index in [0.717, 1.165) is 0 Å². The maximum atomic E-state index is 13.3. The first-order valence-electron chi connectivity index (χ1n) is 11.2. The van der Waals surface area contributed by atoms with Crippen molar-refractivity contribution in [2.45, 2.75) is 42.1 Å². The highest BCUT2D eigenvalue weighted by molar-refractivity contribution is 8.01. The van der Waals surface area contributed by atoms with Crippen molar-refractivity contribution in [1.82, 2.24) is 25.8 Å². The van der Waals surface area contributed by atoms with E-state index in [1.807, 2.05) is 0 Å². The number of hydrogen-bond donors (Lipinski definition) is 5. The van der Waals surface area contributed by atoms with Crippen LogP contribution in [0.25, 0.3) is 0 Å². The summed E-state index contributed by atoms with van der Waals surface area (Å²) >= 11 is 1.32. The molecule has 4 rings (SSSR count). The molecule has 2 fully saturated rings. The van der Waals surface area contributed by atoms with Crippen molar-refractivity contribution < 1.29 is 24.3 Å². The number of rotatable bonds is 8. The van der Waals surface area contributed by atoms with Gasteiger partial charge in [-0.3, -0.25) is 24.8 Å². The Hall–Kier alpha value is -3.93. The van der Waals surface area contributed by atoms with E-state index >= 15 is 0 Å². The number of carbonyl (C=O) groups is 4. The van der Waals surface area contributed by atoms with E-state index < -0.39 is 51.9 Å². The number of β-lactam (4-membered cyclic amide) rings is 1. The Kier molecular flexibility index (Phi) is 6.97. The lowest BCUT2D eigenvalue weighted by Gasteiger charge is -2.44. The molecule has 11 nitrogen and oxygen atoms in total. The zero-order valence-electron chi connectivity index (χ0n) is 19.6. The van der Waals surface area contributed by atoms with Gasteiger partial charge in [0, 0.05) is 22.7 Å². The van der Waals surface area contributed by atoms with Gasteiger partial charge in [-0.2, -0.15) is 0 Å². The lowest BCUT2D eigenvalue weighted by Crippen LogP contribution is -2.71. The third-order valence-corrected chi connectivity index (χ3v) is 7.64. The number of carboxylic acids is 1. The van der Waals surface area contributed by atoms with Crippen molar-refractivity contribution in [3.8, 4) is 0 Å². The standard InChI is InChI=1S/C24H26N6O5S/c1-24(2)18(23(34)35)30-21(33)17(22(30)36-24)29-20(32)16(13-6-4-3-5-7-13)28-15(31)12-27-19(25)14-8-10-26-11-9-14/h3-11,16-18,22H,12H2,1-2H3,(H2,25,27)(H,28,31)(H,29,32)(H,34,35)/t16-,17-,18+,22-/m1/s1. The molecule has 0 spiro atoms. The van der Waals surface area contributed by atoms with Crippen LogP contribution in [0.15, 0.2) is 54.9 Å². The quantitative estimate of drug-likeness (QED) is 0.194. The number of thioether (sulfide) groups is 1. The van der Waals surface area contributed by atoms with Crippen molar-refractivity contribution in [3.05, 3.63) is 66.0 Å². The summed E-state index contributed by atoms with van der Waals surface area (Å²) in [6, 6.07) is 8.87. The van der Waals surface area contributed by atoms with Crippen molar-refractivity contribution in [2.75, 3.05) is 6.54 Å². The number of hydrogen-bond acceptors (Lipinski definition) is 7. The van der Waals surface area contributed by atoms with Crippen LogP contribution in [0.5, 0.6) is 0 Å². The first-order valence-corrected chi connectivity index (χ1v) is 12.1. The molecule has 5 N–H and O–H groups in total. The van der Waals surface area contributed by atoms with Crippen molar-refractivity contribution in [2.24, 2.45) is 0 Å². The molecule has 2 aliphatic heterocycles. The van der Waals surface area contributed by atoms with E-state index in [1.54, 1.807) is 56.3 Å². The van der Waals surface area contributed by atoms with Crippen LogP contribution >= 0.6 is 11.8 Å². The summed E-state index contributed by atoms with van der Waals surface area (Å²) in [5, 5.41) is 25.2. The Morgan fingerprint density at radius 3 is 2.47 bits per heavy atom. The molecule has 4 atom stereocenters. The van der Waals surface area contributed by atoms with Crippen LogP contribution in [0.4, 0.5) is 0 Å². The van der Waals surface area contributed by atoms with Crippen LogP contribution in [-0.4, -0.2) is 73.3 Å². The second-order valence-corrected chi connectivity index (χ2v) is 10.7. The smallest absolute Gasteiger partial charge is 0.327 e. The van der Waals surface area contributed by atoms with Crippen molar-refractivity contribution in [3.63, 3.8) is 0 Å². The summed E-state index contributed by atoms with van der Waals surface area (Å²) in [6.07, 6.45) is 3.07. The van der Waals surface area contributed by atoms with Gasteiger partial charge in [0.1, 0.15) is 29.3 Å². The number of aromatic nitrogens is 1. The number of nitrogens with one attached hydrogen (secondary N) is 4. The second kappa shape index (κ2) is 9.97. The average molecular weight is 511 g/mol. The van der Waals surface area contributed by atoms with E-state index in [-0.39, 0.29) is 12.4 Å². The molecule has 2 saturated heterocycles. The molecule has 36 heavy (non-hydrogen) atoms. The molecule has 1 aromatic heterocycles. The number of pyridine rings is 1. The number of fused-ring (bicyclic) bond motifs is 1. The molecule has 2 aromatic rings. The summed E-state index contributed by atoms with van der Waals surface area (Å²) in [6.45, 7) is 3.26. The highest BCUT2D eigenvalue weighted by atomic mass is 32.2. The van der Waals surface area contributed by atoms with Gasteiger partial charge >= 0.3 is 5.97 Å². The minimum absolute atomic E-state index is 0.0299. The molecule has 12 heteroatoms. The van der Waals surface area contributed by atoms with Gasteiger partial charge < -0.3 is 26.0 Å². The van der Waals surface area contributed by atoms with Crippen LogP contribution in [0, 0.1) is 5.41 Å². The fourth-order valence-electron chi connectivity index (χ4n) is 4.33. The number of carbonyl (C=O) groups excluding carboxylic acids is 3. The predicted molar refractivity (Wildman–Crippen MR) is 132 cm³/mol. The number of amides is 3. The van der Waals surface area contributed by atoms with Gasteiger partial charge in [-0.05, 0) is 31.5 Å². The molecule has 0 radical (unpaired) electrons. The minimum atomic E-state index is -1.09. The van der Waals surface area contributed by atoms with Gasteiger partial charge in [0.2, 0.25) is 17.7 Å². The summed E-state index contributed by atoms with van der Waals surface area (Å²) in [4.78, 5) is 55.6. The molecule has 1 aromatic carbocycles. The van der Waals surface area contributed by atoms with E-state index in [4.69, 9.17) is 5.41 Å². The lowest BCUT2D eigenvalue weighted by atomic mass is 9.95. The van der Waals surface area contributed by atoms with Gasteiger partial charge in [-0.15, -0.1) is 11.8 Å². The fourth-order valence-corrected chi connectivity index (χ4v) is 5.95. The third kappa shape index (κ3) is 4.89.